The summed E-state index contributed by atoms with van der Waals surface area (Å²) in [5.74, 6) is -0.153. The molecule has 0 saturated carbocycles. The Morgan fingerprint density at radius 2 is 1.50 bits per heavy atom. The zero-order chi connectivity index (χ0) is 17.8. The first kappa shape index (κ1) is 15.7. The van der Waals surface area contributed by atoms with E-state index in [1.807, 2.05) is 78.9 Å². The highest BCUT2D eigenvalue weighted by atomic mass is 16.1. The molecule has 0 aliphatic rings. The lowest BCUT2D eigenvalue weighted by Gasteiger charge is -2.07. The van der Waals surface area contributed by atoms with Gasteiger partial charge in [0.15, 0.2) is 0 Å². The molecular formula is C20H15N5O. The fourth-order valence-electron chi connectivity index (χ4n) is 2.63. The van der Waals surface area contributed by atoms with Gasteiger partial charge in [0.25, 0.3) is 5.91 Å². The second kappa shape index (κ2) is 6.98. The Hall–Kier alpha value is -3.80. The van der Waals surface area contributed by atoms with Crippen LogP contribution >= 0.6 is 0 Å². The first-order valence-corrected chi connectivity index (χ1v) is 8.10. The van der Waals surface area contributed by atoms with E-state index in [1.54, 1.807) is 4.68 Å². The van der Waals surface area contributed by atoms with Gasteiger partial charge in [0.05, 0.1) is 5.69 Å². The number of aromatic nitrogens is 4. The molecule has 0 radical (unpaired) electrons. The summed E-state index contributed by atoms with van der Waals surface area (Å²) in [6, 6.07) is 24.9. The molecule has 0 fully saturated rings. The maximum atomic E-state index is 12.4. The number of amides is 1. The molecule has 0 bridgehead atoms. The molecule has 4 aromatic rings. The molecule has 126 valence electrons. The third-order valence-electron chi connectivity index (χ3n) is 3.99. The van der Waals surface area contributed by atoms with Crippen LogP contribution in [0.1, 0.15) is 10.4 Å². The van der Waals surface area contributed by atoms with Gasteiger partial charge in [-0.2, -0.15) is 0 Å². The lowest BCUT2D eigenvalue weighted by molar-refractivity contribution is 0.102. The maximum Gasteiger partial charge on any atom is 0.255 e. The highest BCUT2D eigenvalue weighted by molar-refractivity contribution is 6.04. The Bertz CT molecular complexity index is 995. The number of hydrogen-bond donors (Lipinski definition) is 1. The third-order valence-corrected chi connectivity index (χ3v) is 3.99. The summed E-state index contributed by atoms with van der Waals surface area (Å²) < 4.78 is 1.55. The number of carbonyl (C=O) groups is 1. The van der Waals surface area contributed by atoms with Gasteiger partial charge in [0.1, 0.15) is 6.33 Å². The first-order chi connectivity index (χ1) is 12.8. The van der Waals surface area contributed by atoms with E-state index < -0.39 is 0 Å². The Balaban J connectivity index is 1.46. The van der Waals surface area contributed by atoms with Gasteiger partial charge in [-0.25, -0.2) is 4.68 Å². The zero-order valence-electron chi connectivity index (χ0n) is 13.8. The molecule has 6 heteroatoms. The van der Waals surface area contributed by atoms with Crippen LogP contribution in [0.2, 0.25) is 0 Å². The van der Waals surface area contributed by atoms with Crippen LogP contribution in [-0.2, 0) is 0 Å². The van der Waals surface area contributed by atoms with Crippen LogP contribution < -0.4 is 5.32 Å². The molecule has 6 nitrogen and oxygen atoms in total. The van der Waals surface area contributed by atoms with Crippen molar-refractivity contribution in [1.82, 2.24) is 20.2 Å². The van der Waals surface area contributed by atoms with E-state index in [0.29, 0.717) is 11.3 Å². The van der Waals surface area contributed by atoms with Crippen LogP contribution in [0.25, 0.3) is 16.8 Å². The van der Waals surface area contributed by atoms with Gasteiger partial charge in [-0.1, -0.05) is 42.5 Å². The van der Waals surface area contributed by atoms with Crippen LogP contribution in [0.3, 0.4) is 0 Å². The Morgan fingerprint density at radius 1 is 0.808 bits per heavy atom. The number of rotatable bonds is 4. The molecule has 3 aromatic carbocycles. The van der Waals surface area contributed by atoms with Crippen molar-refractivity contribution in [3.63, 3.8) is 0 Å². The molecule has 0 spiro atoms. The molecular weight excluding hydrogens is 326 g/mol. The summed E-state index contributed by atoms with van der Waals surface area (Å²) >= 11 is 0. The quantitative estimate of drug-likeness (QED) is 0.616. The van der Waals surface area contributed by atoms with E-state index in [1.165, 1.54) is 6.33 Å². The van der Waals surface area contributed by atoms with Gasteiger partial charge in [-0.05, 0) is 58.0 Å². The van der Waals surface area contributed by atoms with E-state index in [4.69, 9.17) is 0 Å². The summed E-state index contributed by atoms with van der Waals surface area (Å²) in [5, 5.41) is 13.9. The molecule has 0 saturated heterocycles. The van der Waals surface area contributed by atoms with Crippen molar-refractivity contribution < 1.29 is 4.79 Å². The topological polar surface area (TPSA) is 72.7 Å². The standard InChI is InChI=1S/C20H15N5O/c26-20(17-8-6-16(7-9-17)15-4-2-1-3-5-15)22-18-10-12-19(13-11-18)25-14-21-23-24-25/h1-14H,(H,22,26). The van der Waals surface area contributed by atoms with Crippen molar-refractivity contribution in [2.45, 2.75) is 0 Å². The molecule has 1 N–H and O–H groups in total. The predicted octanol–water partition coefficient (Wildman–Crippen LogP) is 3.58. The summed E-state index contributed by atoms with van der Waals surface area (Å²) in [7, 11) is 0. The maximum absolute atomic E-state index is 12.4. The fraction of sp³-hybridized carbons (Fsp3) is 0. The molecule has 1 amide bonds. The van der Waals surface area contributed by atoms with Crippen LogP contribution in [0.15, 0.2) is 85.2 Å². The van der Waals surface area contributed by atoms with Crippen molar-refractivity contribution in [2.75, 3.05) is 5.32 Å². The number of nitrogens with one attached hydrogen (secondary N) is 1. The highest BCUT2D eigenvalue weighted by Crippen LogP contribution is 2.20. The van der Waals surface area contributed by atoms with Crippen molar-refractivity contribution in [3.05, 3.63) is 90.8 Å². The number of hydrogen-bond acceptors (Lipinski definition) is 4. The van der Waals surface area contributed by atoms with Crippen LogP contribution in [-0.4, -0.2) is 26.1 Å². The van der Waals surface area contributed by atoms with Crippen LogP contribution in [0.4, 0.5) is 5.69 Å². The number of nitrogens with zero attached hydrogens (tertiary/aromatic N) is 4. The van der Waals surface area contributed by atoms with E-state index in [-0.39, 0.29) is 5.91 Å². The SMILES string of the molecule is O=C(Nc1ccc(-n2cnnn2)cc1)c1ccc(-c2ccccc2)cc1. The van der Waals surface area contributed by atoms with Gasteiger partial charge in [-0.15, -0.1) is 5.10 Å². The Labute approximate surface area is 150 Å². The smallest absolute Gasteiger partial charge is 0.255 e. The second-order valence-corrected chi connectivity index (χ2v) is 5.70. The van der Waals surface area contributed by atoms with Crippen LogP contribution in [0.5, 0.6) is 0 Å². The fourth-order valence-corrected chi connectivity index (χ4v) is 2.63. The average molecular weight is 341 g/mol. The summed E-state index contributed by atoms with van der Waals surface area (Å²) in [5.41, 5.74) is 4.33. The highest BCUT2D eigenvalue weighted by Gasteiger charge is 2.07. The Morgan fingerprint density at radius 3 is 2.15 bits per heavy atom. The lowest BCUT2D eigenvalue weighted by Crippen LogP contribution is -2.11. The minimum Gasteiger partial charge on any atom is -0.322 e. The van der Waals surface area contributed by atoms with Crippen molar-refractivity contribution in [2.24, 2.45) is 0 Å². The molecule has 0 aliphatic heterocycles. The largest absolute Gasteiger partial charge is 0.322 e. The second-order valence-electron chi connectivity index (χ2n) is 5.70. The summed E-state index contributed by atoms with van der Waals surface area (Å²) in [6.07, 6.45) is 1.52. The van der Waals surface area contributed by atoms with Gasteiger partial charge in [-0.3, -0.25) is 4.79 Å². The number of tetrazole rings is 1. The van der Waals surface area contributed by atoms with Crippen LogP contribution in [0, 0.1) is 0 Å². The molecule has 0 atom stereocenters. The number of benzene rings is 3. The Kier molecular flexibility index (Phi) is 4.22. The summed E-state index contributed by atoms with van der Waals surface area (Å²) in [6.45, 7) is 0. The van der Waals surface area contributed by atoms with E-state index in [0.717, 1.165) is 16.8 Å². The molecule has 0 aliphatic carbocycles. The third kappa shape index (κ3) is 3.34. The predicted molar refractivity (Wildman–Crippen MR) is 99.0 cm³/mol. The van der Waals surface area contributed by atoms with E-state index >= 15 is 0 Å². The molecule has 1 aromatic heterocycles. The number of carbonyl (C=O) groups excluding carboxylic acids is 1. The van der Waals surface area contributed by atoms with Crippen molar-refractivity contribution in [1.29, 1.82) is 0 Å². The molecule has 26 heavy (non-hydrogen) atoms. The van der Waals surface area contributed by atoms with Crippen molar-refractivity contribution >= 4 is 11.6 Å². The zero-order valence-corrected chi connectivity index (χ0v) is 13.8. The van der Waals surface area contributed by atoms with Crippen molar-refractivity contribution in [3.8, 4) is 16.8 Å². The minimum absolute atomic E-state index is 0.153. The average Bonchev–Trinajstić information content (AvgIpc) is 3.24. The summed E-state index contributed by atoms with van der Waals surface area (Å²) in [4.78, 5) is 12.4. The first-order valence-electron chi connectivity index (χ1n) is 8.10. The van der Waals surface area contributed by atoms with E-state index in [2.05, 4.69) is 20.8 Å². The van der Waals surface area contributed by atoms with Gasteiger partial charge >= 0.3 is 0 Å². The van der Waals surface area contributed by atoms with Gasteiger partial charge in [0.2, 0.25) is 0 Å². The van der Waals surface area contributed by atoms with Gasteiger partial charge < -0.3 is 5.32 Å². The van der Waals surface area contributed by atoms with E-state index in [9.17, 15) is 4.79 Å². The normalized spacial score (nSPS) is 10.5. The molecule has 4 rings (SSSR count). The minimum atomic E-state index is -0.153. The number of anilines is 1. The molecule has 1 heterocycles. The molecule has 0 unspecified atom stereocenters. The monoisotopic (exact) mass is 341 g/mol. The lowest BCUT2D eigenvalue weighted by atomic mass is 10.0. The van der Waals surface area contributed by atoms with Gasteiger partial charge in [0, 0.05) is 11.3 Å².